The van der Waals surface area contributed by atoms with E-state index in [-0.39, 0.29) is 56.5 Å². The first kappa shape index (κ1) is 55.2. The van der Waals surface area contributed by atoms with E-state index in [0.717, 1.165) is 43.8 Å². The minimum absolute atomic E-state index is 0. The first-order valence-electron chi connectivity index (χ1n) is 19.1. The first-order chi connectivity index (χ1) is 30.3. The molecule has 0 aliphatic carbocycles. The van der Waals surface area contributed by atoms with Crippen molar-refractivity contribution in [1.82, 2.24) is 24.6 Å². The Morgan fingerprint density at radius 1 is 0.324 bits per heavy atom. The highest BCUT2D eigenvalue weighted by molar-refractivity contribution is 7.86. The minimum atomic E-state index is -4.65. The van der Waals surface area contributed by atoms with Gasteiger partial charge in [0.15, 0.2) is 0 Å². The molecule has 0 unspecified atom stereocenters. The maximum absolute atomic E-state index is 12.4. The summed E-state index contributed by atoms with van der Waals surface area (Å²) in [7, 11) is -22.0. The Morgan fingerprint density at radius 2 is 0.588 bits per heavy atom. The lowest BCUT2D eigenvalue weighted by molar-refractivity contribution is 0.481. The van der Waals surface area contributed by atoms with Gasteiger partial charge in [0.05, 0.1) is 19.6 Å². The van der Waals surface area contributed by atoms with Gasteiger partial charge in [-0.1, -0.05) is 121 Å². The highest BCUT2D eigenvalue weighted by Crippen LogP contribution is 2.49. The van der Waals surface area contributed by atoms with E-state index in [1.54, 1.807) is 24.3 Å². The predicted octanol–water partition coefficient (Wildman–Crippen LogP) is 8.56. The van der Waals surface area contributed by atoms with Crippen LogP contribution in [0.1, 0.15) is 11.1 Å². The highest BCUT2D eigenvalue weighted by atomic mass is 32.2. The second-order valence-electron chi connectivity index (χ2n) is 14.7. The van der Waals surface area contributed by atoms with Crippen molar-refractivity contribution in [2.75, 3.05) is 0 Å². The molecule has 0 saturated heterocycles. The van der Waals surface area contributed by atoms with Crippen molar-refractivity contribution in [3.8, 4) is 11.1 Å². The van der Waals surface area contributed by atoms with Crippen molar-refractivity contribution in [2.24, 2.45) is 0 Å². The van der Waals surface area contributed by atoms with E-state index < -0.39 is 56.3 Å². The molecule has 8 rings (SSSR count). The minimum Gasteiger partial charge on any atom is -0.344 e. The average Bonchev–Trinajstić information content (AvgIpc) is 3.26. The summed E-state index contributed by atoms with van der Waals surface area (Å²) >= 11 is 0. The average molecular weight is 1040 g/mol. The Labute approximate surface area is 397 Å². The van der Waals surface area contributed by atoms with Gasteiger partial charge < -0.3 is 24.6 Å². The Hall–Kier alpha value is -5.38. The van der Waals surface area contributed by atoms with Crippen LogP contribution in [0.4, 0.5) is 0 Å². The summed E-state index contributed by atoms with van der Waals surface area (Å²) in [6.45, 7) is 0. The predicted molar refractivity (Wildman–Crippen MR) is 272 cm³/mol. The van der Waals surface area contributed by atoms with Crippen LogP contribution >= 0.6 is 15.8 Å². The summed E-state index contributed by atoms with van der Waals surface area (Å²) in [6.07, 6.45) is 0.396. The molecule has 68 heavy (non-hydrogen) atoms. The molecule has 0 aliphatic heterocycles. The SMILES string of the molecule is N.N.N.N.O=S(=O)(O)c1cccc(P(Cc2ccc3ccccc3c2-c2c(CP(c3cccc(S(=O)(=O)O)c3)c3cccc(S(=O)(=O)O)c3)ccc3ccccc23)c2cccc(S(=O)(=O)O)c2)c1. The Bertz CT molecular complexity index is 3230. The van der Waals surface area contributed by atoms with Gasteiger partial charge >= 0.3 is 0 Å². The van der Waals surface area contributed by atoms with E-state index in [1.165, 1.54) is 72.8 Å². The van der Waals surface area contributed by atoms with Crippen molar-refractivity contribution in [3.63, 3.8) is 0 Å². The summed E-state index contributed by atoms with van der Waals surface area (Å²) in [5, 5.41) is 5.33. The second kappa shape index (κ2) is 21.5. The zero-order valence-corrected chi connectivity index (χ0v) is 41.0. The third kappa shape index (κ3) is 11.9. The molecule has 22 heteroatoms. The molecule has 0 aliphatic rings. The first-order valence-corrected chi connectivity index (χ1v) is 27.9. The van der Waals surface area contributed by atoms with E-state index in [9.17, 15) is 51.9 Å². The van der Waals surface area contributed by atoms with Crippen LogP contribution in [0, 0.1) is 0 Å². The quantitative estimate of drug-likeness (QED) is 0.0396. The van der Waals surface area contributed by atoms with Crippen LogP contribution in [0.5, 0.6) is 0 Å². The van der Waals surface area contributed by atoms with Crippen molar-refractivity contribution in [2.45, 2.75) is 31.9 Å². The molecule has 0 amide bonds. The van der Waals surface area contributed by atoms with E-state index in [1.807, 2.05) is 72.8 Å². The zero-order chi connectivity index (χ0) is 45.6. The van der Waals surface area contributed by atoms with Crippen LogP contribution in [-0.2, 0) is 52.8 Å². The van der Waals surface area contributed by atoms with Gasteiger partial charge in [0.25, 0.3) is 40.5 Å². The largest absolute Gasteiger partial charge is 0.344 e. The molecule has 16 N–H and O–H groups in total. The third-order valence-corrected chi connectivity index (χ3v) is 19.0. The Kier molecular flexibility index (Phi) is 17.5. The summed E-state index contributed by atoms with van der Waals surface area (Å²) in [4.78, 5) is -1.43. The van der Waals surface area contributed by atoms with Crippen LogP contribution in [-0.4, -0.2) is 51.9 Å². The molecule has 0 spiro atoms. The Morgan fingerprint density at radius 3 is 0.853 bits per heavy atom. The molecular weight excluding hydrogens is 991 g/mol. The van der Waals surface area contributed by atoms with Crippen LogP contribution in [0.15, 0.2) is 189 Å². The number of benzene rings is 8. The molecule has 358 valence electrons. The number of fused-ring (bicyclic) bond motifs is 2. The number of hydrogen-bond acceptors (Lipinski definition) is 12. The fourth-order valence-corrected chi connectivity index (χ4v) is 15.0. The third-order valence-electron chi connectivity index (χ3n) is 10.6. The van der Waals surface area contributed by atoms with Crippen LogP contribution in [0.25, 0.3) is 32.7 Å². The standard InChI is InChI=1S/C46H36O12P2S4.4H3N/c47-61(48,49)39-15-5-11-35(25-39)59(36-12-6-16-40(26-36)62(50,51)52)29-33-23-21-31-9-1-3-19-43(31)45(33)46-34(24-22-32-10-2-4-20-44(32)46)30-60(37-13-7-17-41(27-37)63(53,54)55)38-14-8-18-42(28-38)64(56,57)58;;;;/h1-28H,29-30H2,(H,47,48,49)(H,50,51,52)(H,53,54,55)(H,56,57,58);4*1H3. The fraction of sp³-hybridized carbons (Fsp3) is 0.0435. The summed E-state index contributed by atoms with van der Waals surface area (Å²) in [6, 6.07) is 46.3. The molecule has 0 aromatic heterocycles. The molecule has 0 bridgehead atoms. The Balaban J connectivity index is 0.00000252. The van der Waals surface area contributed by atoms with Gasteiger partial charge in [-0.25, -0.2) is 0 Å². The van der Waals surface area contributed by atoms with Crippen LogP contribution in [0.2, 0.25) is 0 Å². The normalized spacial score (nSPS) is 11.9. The van der Waals surface area contributed by atoms with Gasteiger partial charge in [0, 0.05) is 12.3 Å². The summed E-state index contributed by atoms with van der Waals surface area (Å²) in [5.74, 6) is 0. The van der Waals surface area contributed by atoms with Gasteiger partial charge in [-0.05, 0) is 129 Å². The van der Waals surface area contributed by atoms with Gasteiger partial charge in [0.1, 0.15) is 0 Å². The van der Waals surface area contributed by atoms with Gasteiger partial charge in [0.2, 0.25) is 0 Å². The van der Waals surface area contributed by atoms with Crippen molar-refractivity contribution in [1.29, 1.82) is 0 Å². The highest BCUT2D eigenvalue weighted by Gasteiger charge is 2.27. The van der Waals surface area contributed by atoms with Crippen molar-refractivity contribution in [3.05, 3.63) is 181 Å². The lowest BCUT2D eigenvalue weighted by atomic mass is 9.88. The maximum atomic E-state index is 12.4. The van der Waals surface area contributed by atoms with E-state index >= 15 is 0 Å². The molecular formula is C46H48N4O12P2S4. The van der Waals surface area contributed by atoms with Gasteiger partial charge in [-0.3, -0.25) is 18.2 Å². The monoisotopic (exact) mass is 1040 g/mol. The molecule has 0 heterocycles. The van der Waals surface area contributed by atoms with Gasteiger partial charge in [-0.2, -0.15) is 33.7 Å². The van der Waals surface area contributed by atoms with E-state index in [4.69, 9.17) is 0 Å². The van der Waals surface area contributed by atoms with E-state index in [2.05, 4.69) is 0 Å². The molecule has 0 saturated carbocycles. The topological polar surface area (TPSA) is 357 Å². The summed E-state index contributed by atoms with van der Waals surface area (Å²) < 4.78 is 140. The molecule has 0 atom stereocenters. The van der Waals surface area contributed by atoms with Crippen molar-refractivity contribution >= 4 is 99.1 Å². The molecule has 8 aromatic rings. The second-order valence-corrected chi connectivity index (χ2v) is 24.8. The lowest BCUT2D eigenvalue weighted by Crippen LogP contribution is -2.17. The molecule has 8 aromatic carbocycles. The van der Waals surface area contributed by atoms with E-state index in [0.29, 0.717) is 21.2 Å². The lowest BCUT2D eigenvalue weighted by Gasteiger charge is -2.26. The molecule has 0 radical (unpaired) electrons. The zero-order valence-electron chi connectivity index (χ0n) is 36.0. The van der Waals surface area contributed by atoms with Crippen molar-refractivity contribution < 1.29 is 51.9 Å². The molecule has 16 nitrogen and oxygen atoms in total. The number of rotatable bonds is 13. The van der Waals surface area contributed by atoms with Crippen LogP contribution in [0.3, 0.4) is 0 Å². The van der Waals surface area contributed by atoms with Crippen LogP contribution < -0.4 is 45.8 Å². The van der Waals surface area contributed by atoms with Gasteiger partial charge in [-0.15, -0.1) is 0 Å². The number of hydrogen-bond donors (Lipinski definition) is 8. The maximum Gasteiger partial charge on any atom is 0.294 e. The fourth-order valence-electron chi connectivity index (χ4n) is 7.74. The smallest absolute Gasteiger partial charge is 0.294 e. The summed E-state index contributed by atoms with van der Waals surface area (Å²) in [5.41, 5.74) is 3.09. The molecule has 0 fully saturated rings.